The van der Waals surface area contributed by atoms with Crippen LogP contribution in [0.15, 0.2) is 24.4 Å². The highest BCUT2D eigenvalue weighted by molar-refractivity contribution is 5.66. The molecule has 3 N–H and O–H groups in total. The molecule has 10 heteroatoms. The molecule has 3 rings (SSSR count). The summed E-state index contributed by atoms with van der Waals surface area (Å²) in [4.78, 5) is 20.2. The predicted octanol–water partition coefficient (Wildman–Crippen LogP) is 4.10. The van der Waals surface area contributed by atoms with Crippen molar-refractivity contribution in [2.45, 2.75) is 39.0 Å². The molecular formula is C18H20F3N5O2. The van der Waals surface area contributed by atoms with Gasteiger partial charge in [-0.15, -0.1) is 0 Å². The second-order valence-corrected chi connectivity index (χ2v) is 6.82. The quantitative estimate of drug-likeness (QED) is 0.722. The van der Waals surface area contributed by atoms with E-state index in [-0.39, 0.29) is 17.8 Å². The summed E-state index contributed by atoms with van der Waals surface area (Å²) >= 11 is 0. The molecule has 0 spiro atoms. The maximum Gasteiger partial charge on any atom is 0.421 e. The molecule has 0 unspecified atom stereocenters. The van der Waals surface area contributed by atoms with Crippen LogP contribution in [0.25, 0.3) is 0 Å². The topological polar surface area (TPSA) is 90.4 Å². The zero-order valence-corrected chi connectivity index (χ0v) is 15.3. The van der Waals surface area contributed by atoms with E-state index in [9.17, 15) is 18.0 Å². The summed E-state index contributed by atoms with van der Waals surface area (Å²) in [6, 6.07) is 5.13. The average molecular weight is 395 g/mol. The maximum atomic E-state index is 13.1. The van der Waals surface area contributed by atoms with Crippen LogP contribution >= 0.6 is 0 Å². The first-order valence-electron chi connectivity index (χ1n) is 8.71. The number of halogens is 3. The van der Waals surface area contributed by atoms with Gasteiger partial charge in [0.2, 0.25) is 5.95 Å². The Hall–Kier alpha value is -3.04. The van der Waals surface area contributed by atoms with Gasteiger partial charge in [0.15, 0.2) is 0 Å². The van der Waals surface area contributed by atoms with Gasteiger partial charge in [0.25, 0.3) is 0 Å². The number of hydrogen-bond donors (Lipinski definition) is 3. The van der Waals surface area contributed by atoms with E-state index in [1.165, 1.54) is 4.90 Å². The first-order chi connectivity index (χ1) is 13.1. The third kappa shape index (κ3) is 4.44. The number of fused-ring (bicyclic) bond motifs is 1. The number of aromatic nitrogens is 2. The highest BCUT2D eigenvalue weighted by Gasteiger charge is 2.35. The largest absolute Gasteiger partial charge is 0.465 e. The van der Waals surface area contributed by atoms with Gasteiger partial charge in [-0.05, 0) is 43.5 Å². The third-order valence-electron chi connectivity index (χ3n) is 4.26. The molecule has 2 aromatic rings. The van der Waals surface area contributed by atoms with Gasteiger partial charge in [0, 0.05) is 31.0 Å². The van der Waals surface area contributed by atoms with Gasteiger partial charge < -0.3 is 20.6 Å². The van der Waals surface area contributed by atoms with Gasteiger partial charge in [-0.1, -0.05) is 6.07 Å². The van der Waals surface area contributed by atoms with E-state index in [2.05, 4.69) is 20.6 Å². The lowest BCUT2D eigenvalue weighted by atomic mass is 9.99. The van der Waals surface area contributed by atoms with Crippen molar-refractivity contribution in [1.29, 1.82) is 0 Å². The van der Waals surface area contributed by atoms with Crippen molar-refractivity contribution >= 4 is 23.5 Å². The minimum atomic E-state index is -4.56. The summed E-state index contributed by atoms with van der Waals surface area (Å²) in [5.41, 5.74) is 1.58. The molecular weight excluding hydrogens is 375 g/mol. The van der Waals surface area contributed by atoms with Crippen molar-refractivity contribution in [2.24, 2.45) is 0 Å². The summed E-state index contributed by atoms with van der Waals surface area (Å²) in [7, 11) is 0. The van der Waals surface area contributed by atoms with Crippen molar-refractivity contribution in [3.8, 4) is 0 Å². The van der Waals surface area contributed by atoms with E-state index in [0.29, 0.717) is 25.2 Å². The first kappa shape index (κ1) is 19.7. The highest BCUT2D eigenvalue weighted by atomic mass is 19.4. The average Bonchev–Trinajstić information content (AvgIpc) is 2.59. The van der Waals surface area contributed by atoms with Crippen LogP contribution in [0.3, 0.4) is 0 Å². The van der Waals surface area contributed by atoms with E-state index < -0.39 is 17.8 Å². The van der Waals surface area contributed by atoms with Gasteiger partial charge >= 0.3 is 12.3 Å². The van der Waals surface area contributed by atoms with E-state index in [0.717, 1.165) is 17.3 Å². The van der Waals surface area contributed by atoms with Gasteiger partial charge in [-0.3, -0.25) is 0 Å². The highest BCUT2D eigenvalue weighted by Crippen LogP contribution is 2.34. The zero-order valence-electron chi connectivity index (χ0n) is 15.3. The minimum absolute atomic E-state index is 0.0408. The Morgan fingerprint density at radius 2 is 2.04 bits per heavy atom. The standard InChI is InChI=1S/C18H20F3N5O2/c1-10(2)23-15-14(18(19,20)21)8-22-16(25-15)24-13-4-3-12-9-26(17(27)28)6-5-11(12)7-13/h3-4,7-8,10H,5-6,9H2,1-2H3,(H,27,28)(H2,22,23,24,25). The van der Waals surface area contributed by atoms with Gasteiger partial charge in [0.1, 0.15) is 11.4 Å². The van der Waals surface area contributed by atoms with Crippen LogP contribution in [-0.2, 0) is 19.1 Å². The molecule has 7 nitrogen and oxygen atoms in total. The number of anilines is 3. The Balaban J connectivity index is 1.83. The van der Waals surface area contributed by atoms with Crippen LogP contribution in [-0.4, -0.2) is 38.7 Å². The molecule has 0 saturated heterocycles. The molecule has 1 aliphatic heterocycles. The van der Waals surface area contributed by atoms with Crippen LogP contribution in [0.1, 0.15) is 30.5 Å². The lowest BCUT2D eigenvalue weighted by Crippen LogP contribution is -2.34. The summed E-state index contributed by atoms with van der Waals surface area (Å²) in [6.07, 6.45) is -4.21. The van der Waals surface area contributed by atoms with Crippen molar-refractivity contribution < 1.29 is 23.1 Å². The molecule has 0 saturated carbocycles. The molecule has 0 aliphatic carbocycles. The second-order valence-electron chi connectivity index (χ2n) is 6.82. The Bertz CT molecular complexity index is 886. The second kappa shape index (κ2) is 7.53. The third-order valence-corrected chi connectivity index (χ3v) is 4.26. The number of nitrogens with zero attached hydrogens (tertiary/aromatic N) is 3. The van der Waals surface area contributed by atoms with Crippen molar-refractivity contribution in [2.75, 3.05) is 17.2 Å². The lowest BCUT2D eigenvalue weighted by Gasteiger charge is -2.26. The molecule has 1 amide bonds. The summed E-state index contributed by atoms with van der Waals surface area (Å²) in [6.45, 7) is 4.15. The Morgan fingerprint density at radius 1 is 1.29 bits per heavy atom. The van der Waals surface area contributed by atoms with Crippen LogP contribution in [0, 0.1) is 0 Å². The molecule has 28 heavy (non-hydrogen) atoms. The molecule has 0 radical (unpaired) electrons. The monoisotopic (exact) mass is 395 g/mol. The summed E-state index contributed by atoms with van der Waals surface area (Å²) in [5, 5.41) is 14.7. The molecule has 2 heterocycles. The molecule has 0 fully saturated rings. The smallest absolute Gasteiger partial charge is 0.421 e. The summed E-state index contributed by atoms with van der Waals surface area (Å²) < 4.78 is 39.4. The maximum absolute atomic E-state index is 13.1. The SMILES string of the molecule is CC(C)Nc1nc(Nc2ccc3c(c2)CCN(C(=O)O)C3)ncc1C(F)(F)F. The predicted molar refractivity (Wildman–Crippen MR) is 97.7 cm³/mol. The fourth-order valence-electron chi connectivity index (χ4n) is 2.96. The number of carbonyl (C=O) groups is 1. The molecule has 0 atom stereocenters. The molecule has 1 aliphatic rings. The van der Waals surface area contributed by atoms with Crippen LogP contribution in [0.2, 0.25) is 0 Å². The number of alkyl halides is 3. The minimum Gasteiger partial charge on any atom is -0.465 e. The number of benzene rings is 1. The number of carboxylic acid groups (broad SMARTS) is 1. The van der Waals surface area contributed by atoms with E-state index in [1.807, 2.05) is 6.07 Å². The van der Waals surface area contributed by atoms with Crippen LogP contribution in [0.5, 0.6) is 0 Å². The Kier molecular flexibility index (Phi) is 5.30. The number of hydrogen-bond acceptors (Lipinski definition) is 5. The van der Waals surface area contributed by atoms with E-state index in [1.54, 1.807) is 26.0 Å². The fraction of sp³-hybridized carbons (Fsp3) is 0.389. The number of amides is 1. The first-order valence-corrected chi connectivity index (χ1v) is 8.71. The van der Waals surface area contributed by atoms with E-state index in [4.69, 9.17) is 5.11 Å². The van der Waals surface area contributed by atoms with Gasteiger partial charge in [-0.25, -0.2) is 9.78 Å². The molecule has 150 valence electrons. The van der Waals surface area contributed by atoms with Crippen LogP contribution in [0.4, 0.5) is 35.4 Å². The molecule has 1 aromatic carbocycles. The lowest BCUT2D eigenvalue weighted by molar-refractivity contribution is -0.137. The Morgan fingerprint density at radius 3 is 2.68 bits per heavy atom. The van der Waals surface area contributed by atoms with Gasteiger partial charge in [0.05, 0.1) is 0 Å². The molecule has 0 bridgehead atoms. The van der Waals surface area contributed by atoms with Gasteiger partial charge in [-0.2, -0.15) is 18.2 Å². The fourth-order valence-corrected chi connectivity index (χ4v) is 2.96. The number of rotatable bonds is 4. The van der Waals surface area contributed by atoms with Crippen LogP contribution < -0.4 is 10.6 Å². The summed E-state index contributed by atoms with van der Waals surface area (Å²) in [5.74, 6) is -0.242. The number of nitrogens with one attached hydrogen (secondary N) is 2. The van der Waals surface area contributed by atoms with E-state index >= 15 is 0 Å². The van der Waals surface area contributed by atoms with Crippen molar-refractivity contribution in [3.63, 3.8) is 0 Å². The zero-order chi connectivity index (χ0) is 20.5. The molecule has 1 aromatic heterocycles. The normalized spacial score (nSPS) is 14.0. The Labute approximate surface area is 159 Å². The van der Waals surface area contributed by atoms with Crippen molar-refractivity contribution in [1.82, 2.24) is 14.9 Å². The van der Waals surface area contributed by atoms with Crippen molar-refractivity contribution in [3.05, 3.63) is 41.1 Å².